The zero-order valence-electron chi connectivity index (χ0n) is 9.79. The minimum absolute atomic E-state index is 0.00556. The molecule has 0 unspecified atom stereocenters. The van der Waals surface area contributed by atoms with E-state index in [1.54, 1.807) is 0 Å². The lowest BCUT2D eigenvalue weighted by Crippen LogP contribution is -1.97. The van der Waals surface area contributed by atoms with Crippen LogP contribution in [0.2, 0.25) is 25.1 Å². The van der Waals surface area contributed by atoms with Gasteiger partial charge in [0, 0.05) is 6.07 Å². The minimum atomic E-state index is -1.22. The van der Waals surface area contributed by atoms with Crippen LogP contribution in [0.4, 0.5) is 0 Å². The van der Waals surface area contributed by atoms with Crippen LogP contribution in [0.15, 0.2) is 10.6 Å². The van der Waals surface area contributed by atoms with Gasteiger partial charge in [0.25, 0.3) is 0 Å². The van der Waals surface area contributed by atoms with Gasteiger partial charge in [-0.2, -0.15) is 0 Å². The molecule has 1 aromatic carbocycles. The molecule has 0 spiro atoms. The van der Waals surface area contributed by atoms with E-state index < -0.39 is 5.97 Å². The molecular formula is C11H4Cl5NO4. The van der Waals surface area contributed by atoms with Crippen LogP contribution in [-0.2, 0) is 6.61 Å². The highest BCUT2D eigenvalue weighted by molar-refractivity contribution is 6.55. The number of halogens is 5. The fourth-order valence-corrected chi connectivity index (χ4v) is 2.57. The van der Waals surface area contributed by atoms with E-state index in [4.69, 9.17) is 72.4 Å². The predicted molar refractivity (Wildman–Crippen MR) is 79.3 cm³/mol. The third-order valence-corrected chi connectivity index (χ3v) is 4.55. The van der Waals surface area contributed by atoms with Gasteiger partial charge in [-0.25, -0.2) is 4.79 Å². The fraction of sp³-hybridized carbons (Fsp3) is 0.0909. The van der Waals surface area contributed by atoms with Crippen LogP contribution in [0, 0.1) is 0 Å². The molecule has 1 heterocycles. The molecule has 10 heteroatoms. The highest BCUT2D eigenvalue weighted by Gasteiger charge is 2.21. The summed E-state index contributed by atoms with van der Waals surface area (Å²) in [6, 6.07) is 1.20. The Balaban J connectivity index is 2.26. The van der Waals surface area contributed by atoms with E-state index in [9.17, 15) is 4.79 Å². The summed E-state index contributed by atoms with van der Waals surface area (Å²) in [5, 5.41) is 12.0. The second-order valence-electron chi connectivity index (χ2n) is 3.67. The lowest BCUT2D eigenvalue weighted by molar-refractivity contribution is 0.0685. The van der Waals surface area contributed by atoms with Crippen molar-refractivity contribution in [1.29, 1.82) is 0 Å². The number of carbonyl (C=O) groups is 1. The molecule has 0 atom stereocenters. The smallest absolute Gasteiger partial charge is 0.358 e. The predicted octanol–water partition coefficient (Wildman–Crippen LogP) is 5.22. The number of aromatic nitrogens is 1. The van der Waals surface area contributed by atoms with Crippen molar-refractivity contribution in [2.75, 3.05) is 0 Å². The van der Waals surface area contributed by atoms with Crippen molar-refractivity contribution in [3.63, 3.8) is 0 Å². The molecule has 21 heavy (non-hydrogen) atoms. The van der Waals surface area contributed by atoms with Crippen LogP contribution in [0.25, 0.3) is 0 Å². The molecule has 0 radical (unpaired) electrons. The Labute approximate surface area is 143 Å². The number of nitrogens with zero attached hydrogens (tertiary/aromatic N) is 1. The van der Waals surface area contributed by atoms with Crippen LogP contribution >= 0.6 is 58.0 Å². The lowest BCUT2D eigenvalue weighted by atomic mass is 10.3. The minimum Gasteiger partial charge on any atom is -0.482 e. The standard InChI is InChI=1S/C11H4Cl5NO4/c12-5-6(13)8(15)10(9(16)7(5)14)20-2-3-1-4(11(18)19)17-21-3/h1H,2H2,(H,18,19). The Hall–Kier alpha value is -0.850. The molecule has 0 bridgehead atoms. The number of carboxylic acids is 1. The summed E-state index contributed by atoms with van der Waals surface area (Å²) >= 11 is 29.6. The average molecular weight is 391 g/mol. The Morgan fingerprint density at radius 3 is 2.10 bits per heavy atom. The molecule has 0 fully saturated rings. The number of hydrogen-bond donors (Lipinski definition) is 1. The van der Waals surface area contributed by atoms with E-state index in [0.717, 1.165) is 0 Å². The van der Waals surface area contributed by atoms with Crippen molar-refractivity contribution in [3.8, 4) is 5.75 Å². The number of carboxylic acid groups (broad SMARTS) is 1. The van der Waals surface area contributed by atoms with Gasteiger partial charge < -0.3 is 14.4 Å². The molecule has 0 saturated carbocycles. The van der Waals surface area contributed by atoms with Crippen LogP contribution in [0.3, 0.4) is 0 Å². The molecule has 0 aliphatic carbocycles. The molecule has 112 valence electrons. The van der Waals surface area contributed by atoms with E-state index in [1.807, 2.05) is 0 Å². The summed E-state index contributed by atoms with van der Waals surface area (Å²) in [5.41, 5.74) is -0.252. The molecule has 0 aliphatic rings. The molecule has 2 aromatic rings. The van der Waals surface area contributed by atoms with Crippen molar-refractivity contribution in [1.82, 2.24) is 5.16 Å². The quantitative estimate of drug-likeness (QED) is 0.571. The van der Waals surface area contributed by atoms with Crippen LogP contribution in [-0.4, -0.2) is 16.2 Å². The number of rotatable bonds is 4. The summed E-state index contributed by atoms with van der Waals surface area (Å²) in [6.45, 7) is -0.173. The van der Waals surface area contributed by atoms with Gasteiger partial charge in [-0.15, -0.1) is 0 Å². The van der Waals surface area contributed by atoms with Crippen molar-refractivity contribution < 1.29 is 19.2 Å². The molecule has 0 saturated heterocycles. The maximum absolute atomic E-state index is 10.7. The van der Waals surface area contributed by atoms with Gasteiger partial charge in [0.15, 0.2) is 17.2 Å². The van der Waals surface area contributed by atoms with Gasteiger partial charge in [-0.05, 0) is 0 Å². The van der Waals surface area contributed by atoms with Crippen molar-refractivity contribution >= 4 is 64.0 Å². The maximum Gasteiger partial charge on any atom is 0.358 e. The third-order valence-electron chi connectivity index (χ3n) is 2.31. The number of benzene rings is 1. The summed E-state index contributed by atoms with van der Waals surface area (Å²) in [7, 11) is 0. The molecule has 2 rings (SSSR count). The molecule has 1 aromatic heterocycles. The molecule has 0 amide bonds. The van der Waals surface area contributed by atoms with Gasteiger partial charge in [-0.1, -0.05) is 63.2 Å². The Morgan fingerprint density at radius 1 is 1.10 bits per heavy atom. The van der Waals surface area contributed by atoms with Crippen LogP contribution in [0.1, 0.15) is 16.2 Å². The van der Waals surface area contributed by atoms with Crippen LogP contribution in [0.5, 0.6) is 5.75 Å². The molecular weight excluding hydrogens is 387 g/mol. The highest BCUT2D eigenvalue weighted by atomic mass is 35.5. The first-order valence-electron chi connectivity index (χ1n) is 5.16. The van der Waals surface area contributed by atoms with Gasteiger partial charge in [-0.3, -0.25) is 0 Å². The first-order chi connectivity index (χ1) is 9.82. The zero-order valence-corrected chi connectivity index (χ0v) is 13.6. The number of ether oxygens (including phenoxy) is 1. The highest BCUT2D eigenvalue weighted by Crippen LogP contribution is 2.48. The largest absolute Gasteiger partial charge is 0.482 e. The van der Waals surface area contributed by atoms with Crippen molar-refractivity contribution in [2.45, 2.75) is 6.61 Å². The Bertz CT molecular complexity index is 686. The van der Waals surface area contributed by atoms with Gasteiger partial charge in [0.2, 0.25) is 0 Å². The summed E-state index contributed by atoms with van der Waals surface area (Å²) in [6.07, 6.45) is 0. The van der Waals surface area contributed by atoms with Crippen molar-refractivity contribution in [2.24, 2.45) is 0 Å². The first kappa shape index (κ1) is 16.5. The van der Waals surface area contributed by atoms with E-state index in [2.05, 4.69) is 5.16 Å². The van der Waals surface area contributed by atoms with E-state index in [1.165, 1.54) is 6.07 Å². The Morgan fingerprint density at radius 2 is 1.62 bits per heavy atom. The van der Waals surface area contributed by atoms with E-state index >= 15 is 0 Å². The number of aromatic carboxylic acids is 1. The van der Waals surface area contributed by atoms with Gasteiger partial charge >= 0.3 is 5.97 Å². The lowest BCUT2D eigenvalue weighted by Gasteiger charge is -2.12. The van der Waals surface area contributed by atoms with Crippen molar-refractivity contribution in [3.05, 3.63) is 42.6 Å². The Kier molecular flexibility index (Phi) is 5.11. The average Bonchev–Trinajstić information content (AvgIpc) is 2.92. The monoisotopic (exact) mass is 389 g/mol. The number of hydrogen-bond acceptors (Lipinski definition) is 4. The summed E-state index contributed by atoms with van der Waals surface area (Å²) in [5.74, 6) is -1.06. The summed E-state index contributed by atoms with van der Waals surface area (Å²) < 4.78 is 10.1. The first-order valence-corrected chi connectivity index (χ1v) is 7.05. The van der Waals surface area contributed by atoms with Gasteiger partial charge in [0.05, 0.1) is 15.1 Å². The second-order valence-corrected chi connectivity index (χ2v) is 5.56. The SMILES string of the molecule is O=C(O)c1cc(COc2c(Cl)c(Cl)c(Cl)c(Cl)c2Cl)on1. The zero-order chi connectivity index (χ0) is 15.7. The van der Waals surface area contributed by atoms with E-state index in [0.29, 0.717) is 0 Å². The molecule has 1 N–H and O–H groups in total. The third kappa shape index (κ3) is 3.33. The summed E-state index contributed by atoms with van der Waals surface area (Å²) in [4.78, 5) is 10.7. The normalized spacial score (nSPS) is 10.7. The second kappa shape index (κ2) is 6.50. The maximum atomic E-state index is 10.7. The molecule has 0 aliphatic heterocycles. The van der Waals surface area contributed by atoms with Crippen LogP contribution < -0.4 is 4.74 Å². The van der Waals surface area contributed by atoms with E-state index in [-0.39, 0.29) is 48.9 Å². The topological polar surface area (TPSA) is 72.6 Å². The molecule has 5 nitrogen and oxygen atoms in total. The van der Waals surface area contributed by atoms with Gasteiger partial charge in [0.1, 0.15) is 16.7 Å². The fourth-order valence-electron chi connectivity index (χ4n) is 1.34.